The Kier molecular flexibility index (Phi) is 5.02. The van der Waals surface area contributed by atoms with Gasteiger partial charge in [0.2, 0.25) is 5.91 Å². The van der Waals surface area contributed by atoms with Crippen LogP contribution in [0.25, 0.3) is 0 Å². The summed E-state index contributed by atoms with van der Waals surface area (Å²) in [6.45, 7) is 2.69. The van der Waals surface area contributed by atoms with Crippen molar-refractivity contribution >= 4 is 17.5 Å². The summed E-state index contributed by atoms with van der Waals surface area (Å²) in [4.78, 5) is 27.3. The summed E-state index contributed by atoms with van der Waals surface area (Å²) in [7, 11) is 0. The first-order chi connectivity index (χ1) is 12.7. The van der Waals surface area contributed by atoms with Gasteiger partial charge >= 0.3 is 0 Å². The molecule has 6 heteroatoms. The summed E-state index contributed by atoms with van der Waals surface area (Å²) < 4.78 is 5.46. The van der Waals surface area contributed by atoms with Crippen LogP contribution in [-0.4, -0.2) is 53.2 Å². The van der Waals surface area contributed by atoms with Crippen molar-refractivity contribution in [3.63, 3.8) is 0 Å². The van der Waals surface area contributed by atoms with Crippen molar-refractivity contribution in [1.82, 2.24) is 9.91 Å². The quantitative estimate of drug-likeness (QED) is 0.786. The van der Waals surface area contributed by atoms with Crippen molar-refractivity contribution in [2.45, 2.75) is 44.7 Å². The van der Waals surface area contributed by atoms with Crippen LogP contribution in [0.2, 0.25) is 0 Å². The summed E-state index contributed by atoms with van der Waals surface area (Å²) in [6, 6.07) is 10.1. The van der Waals surface area contributed by atoms with Crippen molar-refractivity contribution in [3.05, 3.63) is 35.9 Å². The second kappa shape index (κ2) is 7.58. The van der Waals surface area contributed by atoms with Gasteiger partial charge in [0.1, 0.15) is 5.71 Å². The highest BCUT2D eigenvalue weighted by atomic mass is 16.5. The number of ether oxygens (including phenoxy) is 1. The molecule has 26 heavy (non-hydrogen) atoms. The van der Waals surface area contributed by atoms with Gasteiger partial charge in [-0.25, -0.2) is 5.01 Å². The van der Waals surface area contributed by atoms with Gasteiger partial charge < -0.3 is 9.64 Å². The van der Waals surface area contributed by atoms with Gasteiger partial charge in [-0.3, -0.25) is 9.59 Å². The lowest BCUT2D eigenvalue weighted by Gasteiger charge is -2.29. The maximum atomic E-state index is 13.1. The molecule has 1 aliphatic carbocycles. The summed E-state index contributed by atoms with van der Waals surface area (Å²) in [5.41, 5.74) is 1.53. The third-order valence-corrected chi connectivity index (χ3v) is 5.25. The molecule has 1 atom stereocenters. The molecular formula is C20H25N3O3. The molecule has 1 aromatic rings. The van der Waals surface area contributed by atoms with Crippen molar-refractivity contribution in [1.29, 1.82) is 0 Å². The molecular weight excluding hydrogens is 330 g/mol. The van der Waals surface area contributed by atoms with Crippen LogP contribution in [0.5, 0.6) is 0 Å². The van der Waals surface area contributed by atoms with Gasteiger partial charge in [0.05, 0.1) is 13.2 Å². The molecule has 3 aliphatic rings. The van der Waals surface area contributed by atoms with E-state index >= 15 is 0 Å². The average Bonchev–Trinajstić information content (AvgIpc) is 3.37. The van der Waals surface area contributed by atoms with Crippen LogP contribution in [0, 0.1) is 5.92 Å². The summed E-state index contributed by atoms with van der Waals surface area (Å²) >= 11 is 0. The van der Waals surface area contributed by atoms with Crippen LogP contribution in [0.3, 0.4) is 0 Å². The molecule has 2 aliphatic heterocycles. The molecule has 1 aromatic carbocycles. The number of nitrogens with zero attached hydrogens (tertiary/aromatic N) is 3. The fraction of sp³-hybridized carbons (Fsp3) is 0.550. The first-order valence-corrected chi connectivity index (χ1v) is 9.51. The number of hydrazone groups is 1. The number of carbonyl (C=O) groups excluding carboxylic acids is 2. The third kappa shape index (κ3) is 3.96. The van der Waals surface area contributed by atoms with Gasteiger partial charge in [-0.05, 0) is 24.8 Å². The van der Waals surface area contributed by atoms with E-state index in [4.69, 9.17) is 4.74 Å². The number of benzene rings is 1. The van der Waals surface area contributed by atoms with Gasteiger partial charge in [0, 0.05) is 38.0 Å². The average molecular weight is 355 g/mol. The van der Waals surface area contributed by atoms with Crippen LogP contribution in [-0.2, 0) is 20.9 Å². The fourth-order valence-electron chi connectivity index (χ4n) is 3.59. The maximum Gasteiger partial charge on any atom is 0.270 e. The minimum atomic E-state index is -0.0208. The summed E-state index contributed by atoms with van der Waals surface area (Å²) in [6.07, 6.45) is 3.94. The van der Waals surface area contributed by atoms with Gasteiger partial charge in [0.15, 0.2) is 0 Å². The number of amides is 2. The Labute approximate surface area is 153 Å². The molecule has 1 saturated carbocycles. The standard InChI is InChI=1S/C20H25N3O3/c24-19-9-8-18(21-23(19)13-15-4-2-1-3-5-15)20(25)22(17-6-7-17)12-16-10-11-26-14-16/h1-5,16-17H,6-14H2/t16-/m0/s1. The van der Waals surface area contributed by atoms with Gasteiger partial charge in [-0.15, -0.1) is 0 Å². The van der Waals surface area contributed by atoms with Crippen LogP contribution in [0.4, 0.5) is 0 Å². The monoisotopic (exact) mass is 355 g/mol. The molecule has 0 N–H and O–H groups in total. The Hall–Kier alpha value is -2.21. The molecule has 1 saturated heterocycles. The molecule has 6 nitrogen and oxygen atoms in total. The third-order valence-electron chi connectivity index (χ3n) is 5.25. The lowest BCUT2D eigenvalue weighted by atomic mass is 10.1. The predicted octanol–water partition coefficient (Wildman–Crippen LogP) is 2.19. The molecule has 0 spiro atoms. The molecule has 138 valence electrons. The molecule has 2 fully saturated rings. The highest BCUT2D eigenvalue weighted by Gasteiger charge is 2.37. The van der Waals surface area contributed by atoms with E-state index in [1.165, 1.54) is 5.01 Å². The topological polar surface area (TPSA) is 62.2 Å². The minimum Gasteiger partial charge on any atom is -0.381 e. The first-order valence-electron chi connectivity index (χ1n) is 9.51. The lowest BCUT2D eigenvalue weighted by Crippen LogP contribution is -2.44. The molecule has 4 rings (SSSR count). The number of rotatable bonds is 6. The van der Waals surface area contributed by atoms with Crippen molar-refractivity contribution in [2.24, 2.45) is 11.0 Å². The second-order valence-electron chi connectivity index (χ2n) is 7.40. The number of carbonyl (C=O) groups is 2. The first kappa shape index (κ1) is 17.2. The number of hydrogen-bond donors (Lipinski definition) is 0. The largest absolute Gasteiger partial charge is 0.381 e. The Balaban J connectivity index is 1.48. The van der Waals surface area contributed by atoms with E-state index in [9.17, 15) is 9.59 Å². The lowest BCUT2D eigenvalue weighted by molar-refractivity contribution is -0.132. The van der Waals surface area contributed by atoms with Crippen LogP contribution in [0.15, 0.2) is 35.4 Å². The zero-order chi connectivity index (χ0) is 17.9. The van der Waals surface area contributed by atoms with Gasteiger partial charge in [-0.1, -0.05) is 30.3 Å². The van der Waals surface area contributed by atoms with E-state index in [0.717, 1.165) is 44.6 Å². The Morgan fingerprint density at radius 2 is 2.00 bits per heavy atom. The zero-order valence-electron chi connectivity index (χ0n) is 15.0. The van der Waals surface area contributed by atoms with E-state index in [2.05, 4.69) is 5.10 Å². The van der Waals surface area contributed by atoms with Gasteiger partial charge in [0.25, 0.3) is 5.91 Å². The molecule has 0 radical (unpaired) electrons. The highest BCUT2D eigenvalue weighted by molar-refractivity contribution is 6.39. The molecule has 2 amide bonds. The van der Waals surface area contributed by atoms with Crippen LogP contribution < -0.4 is 0 Å². The Morgan fingerprint density at radius 3 is 2.69 bits per heavy atom. The Bertz CT molecular complexity index is 694. The molecule has 2 heterocycles. The molecule has 0 bridgehead atoms. The predicted molar refractivity (Wildman–Crippen MR) is 97.3 cm³/mol. The van der Waals surface area contributed by atoms with Crippen LogP contribution in [0.1, 0.15) is 37.7 Å². The zero-order valence-corrected chi connectivity index (χ0v) is 15.0. The SMILES string of the molecule is O=C1CCC(C(=O)N(C[C@@H]2CCOC2)C2CC2)=NN1Cc1ccccc1. The molecule has 0 aromatic heterocycles. The van der Waals surface area contributed by atoms with Gasteiger partial charge in [-0.2, -0.15) is 5.10 Å². The highest BCUT2D eigenvalue weighted by Crippen LogP contribution is 2.30. The number of hydrogen-bond acceptors (Lipinski definition) is 4. The van der Waals surface area contributed by atoms with Crippen molar-refractivity contribution < 1.29 is 14.3 Å². The fourth-order valence-corrected chi connectivity index (χ4v) is 3.59. The van der Waals surface area contributed by atoms with Crippen molar-refractivity contribution in [3.8, 4) is 0 Å². The Morgan fingerprint density at radius 1 is 1.19 bits per heavy atom. The van der Waals surface area contributed by atoms with E-state index in [-0.39, 0.29) is 11.8 Å². The van der Waals surface area contributed by atoms with E-state index < -0.39 is 0 Å². The van der Waals surface area contributed by atoms with Crippen molar-refractivity contribution in [2.75, 3.05) is 19.8 Å². The van der Waals surface area contributed by atoms with E-state index in [1.54, 1.807) is 0 Å². The molecule has 0 unspecified atom stereocenters. The second-order valence-corrected chi connectivity index (χ2v) is 7.40. The van der Waals surface area contributed by atoms with E-state index in [1.807, 2.05) is 35.2 Å². The summed E-state index contributed by atoms with van der Waals surface area (Å²) in [5, 5.41) is 5.90. The smallest absolute Gasteiger partial charge is 0.270 e. The van der Waals surface area contributed by atoms with E-state index in [0.29, 0.717) is 37.1 Å². The summed E-state index contributed by atoms with van der Waals surface area (Å²) in [5.74, 6) is 0.406. The minimum absolute atomic E-state index is 0.00459. The maximum absolute atomic E-state index is 13.1. The normalized spacial score (nSPS) is 23.1. The van der Waals surface area contributed by atoms with Crippen LogP contribution >= 0.6 is 0 Å².